The van der Waals surface area contributed by atoms with Gasteiger partial charge in [0.25, 0.3) is 5.92 Å². The third kappa shape index (κ3) is 4.18. The van der Waals surface area contributed by atoms with Crippen LogP contribution < -0.4 is 8.61 Å². The first-order valence-electron chi connectivity index (χ1n) is 10.2. The zero-order chi connectivity index (χ0) is 22.8. The molecule has 172 valence electrons. The number of halogens is 2. The molecule has 3 aliphatic rings. The van der Waals surface area contributed by atoms with Gasteiger partial charge in [-0.05, 0) is 55.9 Å². The molecule has 0 spiro atoms. The van der Waals surface area contributed by atoms with E-state index in [9.17, 15) is 22.7 Å². The van der Waals surface area contributed by atoms with Gasteiger partial charge in [0, 0.05) is 39.0 Å². The van der Waals surface area contributed by atoms with E-state index in [1.54, 1.807) is 17.0 Å². The Balaban J connectivity index is 1.51. The highest BCUT2D eigenvalue weighted by Gasteiger charge is 2.59. The van der Waals surface area contributed by atoms with Crippen LogP contribution in [0.4, 0.5) is 25.1 Å². The molecule has 0 bridgehead atoms. The Morgan fingerprint density at radius 3 is 2.58 bits per heavy atom. The minimum Gasteiger partial charge on any atom is -0.444 e. The molecule has 1 aromatic heterocycles. The van der Waals surface area contributed by atoms with E-state index in [4.69, 9.17) is 4.74 Å². The average molecular weight is 459 g/mol. The highest BCUT2D eigenvalue weighted by molar-refractivity contribution is 8.26. The summed E-state index contributed by atoms with van der Waals surface area (Å²) in [7, 11) is -1.94. The maximum atomic E-state index is 13.4. The van der Waals surface area contributed by atoms with E-state index >= 15 is 0 Å². The monoisotopic (exact) mass is 458 g/mol. The Kier molecular flexibility index (Phi) is 5.14. The summed E-state index contributed by atoms with van der Waals surface area (Å²) in [6, 6.07) is 3.44. The van der Waals surface area contributed by atoms with E-state index in [2.05, 4.69) is 4.98 Å². The molecule has 1 aliphatic carbocycles. The second kappa shape index (κ2) is 7.21. The third-order valence-electron chi connectivity index (χ3n) is 5.62. The number of aromatic nitrogens is 1. The number of fused-ring (bicyclic) bond motifs is 1. The van der Waals surface area contributed by atoms with Gasteiger partial charge in [0.15, 0.2) is 5.82 Å². The van der Waals surface area contributed by atoms with Crippen molar-refractivity contribution in [3.63, 3.8) is 0 Å². The van der Waals surface area contributed by atoms with Crippen LogP contribution in [0.15, 0.2) is 18.2 Å². The maximum absolute atomic E-state index is 13.4. The summed E-state index contributed by atoms with van der Waals surface area (Å²) in [4.78, 5) is 18.4. The molecule has 1 saturated carbocycles. The SMILES string of the molecule is CN1c2nc(C3=CCN(C(=O)OC(C)(C)C)CC3)ccc2N(CC2CC2(F)F)S1(O)O. The molecule has 31 heavy (non-hydrogen) atoms. The lowest BCUT2D eigenvalue weighted by Gasteiger charge is -2.41. The van der Waals surface area contributed by atoms with Crippen LogP contribution in [0.5, 0.6) is 0 Å². The normalized spacial score (nSPS) is 25.1. The summed E-state index contributed by atoms with van der Waals surface area (Å²) in [5.41, 5.74) is 1.45. The van der Waals surface area contributed by atoms with Crippen molar-refractivity contribution >= 4 is 34.1 Å². The molecule has 0 radical (unpaired) electrons. The predicted molar refractivity (Wildman–Crippen MR) is 116 cm³/mol. The molecule has 4 rings (SSSR count). The maximum Gasteiger partial charge on any atom is 0.410 e. The largest absolute Gasteiger partial charge is 0.444 e. The third-order valence-corrected chi connectivity index (χ3v) is 7.46. The number of hydrogen-bond acceptors (Lipinski definition) is 7. The van der Waals surface area contributed by atoms with E-state index in [1.165, 1.54) is 15.7 Å². The van der Waals surface area contributed by atoms with Gasteiger partial charge in [-0.15, -0.1) is 0 Å². The Labute approximate surface area is 182 Å². The Morgan fingerprint density at radius 1 is 1.35 bits per heavy atom. The summed E-state index contributed by atoms with van der Waals surface area (Å²) in [5, 5.41) is 0. The van der Waals surface area contributed by atoms with E-state index in [0.29, 0.717) is 36.7 Å². The number of nitrogens with zero attached hydrogens (tertiary/aromatic N) is 4. The number of anilines is 2. The number of carbonyl (C=O) groups is 1. The molecule has 2 aliphatic heterocycles. The fourth-order valence-corrected chi connectivity index (χ4v) is 5.15. The molecule has 3 heterocycles. The van der Waals surface area contributed by atoms with E-state index in [0.717, 1.165) is 5.57 Å². The summed E-state index contributed by atoms with van der Waals surface area (Å²) in [5.74, 6) is -3.30. The Hall–Kier alpha value is -2.11. The van der Waals surface area contributed by atoms with Gasteiger partial charge in [-0.1, -0.05) is 6.08 Å². The highest BCUT2D eigenvalue weighted by Crippen LogP contribution is 2.62. The lowest BCUT2D eigenvalue weighted by Crippen LogP contribution is -2.39. The molecule has 8 nitrogen and oxygen atoms in total. The molecule has 1 aromatic rings. The van der Waals surface area contributed by atoms with Crippen LogP contribution >= 0.6 is 11.0 Å². The molecular weight excluding hydrogens is 430 g/mol. The molecular formula is C20H28F2N4O4S. The van der Waals surface area contributed by atoms with Gasteiger partial charge in [-0.3, -0.25) is 9.11 Å². The lowest BCUT2D eigenvalue weighted by atomic mass is 10.0. The molecule has 0 aromatic carbocycles. The van der Waals surface area contributed by atoms with Crippen LogP contribution in [0.3, 0.4) is 0 Å². The number of carbonyl (C=O) groups excluding carboxylic acids is 1. The fraction of sp³-hybridized carbons (Fsp3) is 0.600. The minimum atomic E-state index is -3.43. The molecule has 0 saturated heterocycles. The molecule has 11 heteroatoms. The molecule has 1 atom stereocenters. The second-order valence-corrected chi connectivity index (χ2v) is 11.1. The Bertz CT molecular complexity index is 934. The summed E-state index contributed by atoms with van der Waals surface area (Å²) >= 11 is 0. The average Bonchev–Trinajstić information content (AvgIpc) is 3.24. The predicted octanol–water partition coefficient (Wildman–Crippen LogP) is 4.60. The molecule has 1 amide bonds. The Morgan fingerprint density at radius 2 is 2.03 bits per heavy atom. The fourth-order valence-electron chi connectivity index (χ4n) is 3.70. The summed E-state index contributed by atoms with van der Waals surface area (Å²) < 4.78 is 55.9. The van der Waals surface area contributed by atoms with Crippen molar-refractivity contribution in [3.05, 3.63) is 23.9 Å². The highest BCUT2D eigenvalue weighted by atomic mass is 32.3. The van der Waals surface area contributed by atoms with Crippen molar-refractivity contribution < 1.29 is 27.4 Å². The topological polar surface area (TPSA) is 89.4 Å². The van der Waals surface area contributed by atoms with Gasteiger partial charge >= 0.3 is 6.09 Å². The number of hydrogen-bond donors (Lipinski definition) is 2. The van der Waals surface area contributed by atoms with Gasteiger partial charge in [-0.25, -0.2) is 27.2 Å². The van der Waals surface area contributed by atoms with Crippen molar-refractivity contribution in [3.8, 4) is 0 Å². The minimum absolute atomic E-state index is 0.138. The number of amides is 1. The zero-order valence-corrected chi connectivity index (χ0v) is 18.8. The first kappa shape index (κ1) is 22.1. The molecule has 1 fully saturated rings. The number of rotatable bonds is 3. The van der Waals surface area contributed by atoms with Crippen molar-refractivity contribution in [2.75, 3.05) is 35.3 Å². The smallest absolute Gasteiger partial charge is 0.410 e. The van der Waals surface area contributed by atoms with Crippen LogP contribution in [-0.2, 0) is 4.74 Å². The van der Waals surface area contributed by atoms with Crippen LogP contribution in [0, 0.1) is 5.92 Å². The van der Waals surface area contributed by atoms with Crippen LogP contribution in [0.2, 0.25) is 0 Å². The first-order chi connectivity index (χ1) is 14.3. The van der Waals surface area contributed by atoms with Gasteiger partial charge < -0.3 is 9.64 Å². The molecule has 1 unspecified atom stereocenters. The van der Waals surface area contributed by atoms with E-state index in [-0.39, 0.29) is 19.1 Å². The zero-order valence-electron chi connectivity index (χ0n) is 18.0. The van der Waals surface area contributed by atoms with Gasteiger partial charge in [0.05, 0.1) is 5.69 Å². The van der Waals surface area contributed by atoms with E-state index in [1.807, 2.05) is 26.8 Å². The quantitative estimate of drug-likeness (QED) is 0.684. The second-order valence-electron chi connectivity index (χ2n) is 9.16. The lowest BCUT2D eigenvalue weighted by molar-refractivity contribution is 0.0270. The first-order valence-corrected chi connectivity index (χ1v) is 11.6. The summed E-state index contributed by atoms with van der Waals surface area (Å²) in [6.45, 7) is 6.18. The van der Waals surface area contributed by atoms with Gasteiger partial charge in [-0.2, -0.15) is 0 Å². The number of alkyl halides is 2. The number of pyridine rings is 1. The van der Waals surface area contributed by atoms with Gasteiger partial charge in [0.1, 0.15) is 11.3 Å². The van der Waals surface area contributed by atoms with Crippen molar-refractivity contribution in [2.45, 2.75) is 45.1 Å². The van der Waals surface area contributed by atoms with Gasteiger partial charge in [0.2, 0.25) is 0 Å². The summed E-state index contributed by atoms with van der Waals surface area (Å²) in [6.07, 6.45) is 1.86. The van der Waals surface area contributed by atoms with Crippen molar-refractivity contribution in [1.29, 1.82) is 0 Å². The van der Waals surface area contributed by atoms with E-state index < -0.39 is 28.4 Å². The van der Waals surface area contributed by atoms with Crippen LogP contribution in [0.1, 0.15) is 39.3 Å². The van der Waals surface area contributed by atoms with Crippen molar-refractivity contribution in [2.24, 2.45) is 5.92 Å². The number of ether oxygens (including phenoxy) is 1. The van der Waals surface area contributed by atoms with Crippen LogP contribution in [-0.4, -0.2) is 63.3 Å². The van der Waals surface area contributed by atoms with Crippen molar-refractivity contribution in [1.82, 2.24) is 9.88 Å². The standard InChI is InChI=1S/C20H28F2N4O4S/c1-19(2,3)30-18(27)25-9-7-13(8-10-25)15-5-6-16-17(23-15)24(4)31(28,29)26(16)12-14-11-20(14,21)22/h5-7,14,28-29H,8-12H2,1-4H3. The molecule has 2 N–H and O–H groups in total. The van der Waals surface area contributed by atoms with Crippen LogP contribution in [0.25, 0.3) is 5.57 Å².